The van der Waals surface area contributed by atoms with E-state index in [1.807, 2.05) is 0 Å². The molecule has 0 aromatic heterocycles. The predicted molar refractivity (Wildman–Crippen MR) is 29.5 cm³/mol. The number of rotatable bonds is 3. The maximum absolute atomic E-state index is 12.5. The van der Waals surface area contributed by atoms with Gasteiger partial charge in [-0.3, -0.25) is 0 Å². The van der Waals surface area contributed by atoms with Crippen molar-refractivity contribution in [2.75, 3.05) is 6.61 Å². The number of aliphatic carboxylic acids is 1. The lowest BCUT2D eigenvalue weighted by atomic mass is 10.3. The van der Waals surface area contributed by atoms with Crippen LogP contribution in [0.1, 0.15) is 0 Å². The first-order valence-electron chi connectivity index (χ1n) is 3.10. The summed E-state index contributed by atoms with van der Waals surface area (Å²) in [6.07, 6.45) is -11.4. The van der Waals surface area contributed by atoms with Crippen molar-refractivity contribution in [2.45, 2.75) is 18.2 Å². The second kappa shape index (κ2) is 3.83. The number of carbonyl (C=O) groups is 1. The lowest BCUT2D eigenvalue weighted by Crippen LogP contribution is -2.51. The Bertz CT molecular complexity index is 244. The van der Waals surface area contributed by atoms with Gasteiger partial charge in [0.15, 0.2) is 0 Å². The van der Waals surface area contributed by atoms with Crippen LogP contribution >= 0.6 is 0 Å². The molecule has 1 unspecified atom stereocenters. The predicted octanol–water partition coefficient (Wildman–Crippen LogP) is 1.88. The largest absolute Gasteiger partial charge is 0.477 e. The van der Waals surface area contributed by atoms with Crippen LogP contribution in [0.4, 0.5) is 30.7 Å². The van der Waals surface area contributed by atoms with Gasteiger partial charge in [-0.1, -0.05) is 0 Å². The van der Waals surface area contributed by atoms with Crippen LogP contribution < -0.4 is 0 Å². The zero-order chi connectivity index (χ0) is 12.5. The van der Waals surface area contributed by atoms with Crippen LogP contribution in [0.25, 0.3) is 0 Å². The molecule has 0 bridgehead atoms. The van der Waals surface area contributed by atoms with Crippen molar-refractivity contribution in [2.24, 2.45) is 0 Å². The lowest BCUT2D eigenvalue weighted by Gasteiger charge is -2.23. The van der Waals surface area contributed by atoms with Crippen molar-refractivity contribution in [1.82, 2.24) is 0 Å². The highest BCUT2D eigenvalue weighted by atomic mass is 19.4. The molecule has 0 radical (unpaired) electrons. The summed E-state index contributed by atoms with van der Waals surface area (Å²) in [4.78, 5) is 9.80. The van der Waals surface area contributed by atoms with Crippen LogP contribution in [0.15, 0.2) is 0 Å². The lowest BCUT2D eigenvalue weighted by molar-refractivity contribution is -0.340. The third-order valence-electron chi connectivity index (χ3n) is 1.07. The second-order valence-corrected chi connectivity index (χ2v) is 2.30. The van der Waals surface area contributed by atoms with Gasteiger partial charge < -0.3 is 9.84 Å². The number of carboxylic acid groups (broad SMARTS) is 1. The van der Waals surface area contributed by atoms with Crippen molar-refractivity contribution in [3.8, 4) is 0 Å². The summed E-state index contributed by atoms with van der Waals surface area (Å²) < 4.78 is 84.4. The van der Waals surface area contributed by atoms with Crippen molar-refractivity contribution < 1.29 is 45.4 Å². The summed E-state index contributed by atoms with van der Waals surface area (Å²) in [7, 11) is 0. The third-order valence-corrected chi connectivity index (χ3v) is 1.07. The summed E-state index contributed by atoms with van der Waals surface area (Å²) >= 11 is 0. The molecule has 0 saturated carbocycles. The minimum absolute atomic E-state index is 2.66. The maximum atomic E-state index is 12.5. The summed E-state index contributed by atoms with van der Waals surface area (Å²) in [5.74, 6) is -8.55. The minimum atomic E-state index is -6.09. The van der Waals surface area contributed by atoms with Gasteiger partial charge in [0.25, 0.3) is 0 Å². The number of carboxylic acids is 1. The molecule has 0 aliphatic carbocycles. The fourth-order valence-corrected chi connectivity index (χ4v) is 0.446. The van der Waals surface area contributed by atoms with Crippen molar-refractivity contribution in [1.29, 1.82) is 0 Å². The van der Waals surface area contributed by atoms with Crippen LogP contribution in [-0.2, 0) is 9.53 Å². The zero-order valence-corrected chi connectivity index (χ0v) is 6.62. The van der Waals surface area contributed by atoms with Crippen molar-refractivity contribution in [3.05, 3.63) is 0 Å². The average molecular weight is 244 g/mol. The Morgan fingerprint density at radius 1 is 1.07 bits per heavy atom. The molecule has 0 heterocycles. The van der Waals surface area contributed by atoms with Crippen molar-refractivity contribution >= 4 is 5.97 Å². The first kappa shape index (κ1) is 13.9. The molecule has 3 nitrogen and oxygen atoms in total. The van der Waals surface area contributed by atoms with Crippen LogP contribution in [-0.4, -0.2) is 35.9 Å². The molecule has 1 N–H and O–H groups in total. The first-order valence-corrected chi connectivity index (χ1v) is 3.10. The van der Waals surface area contributed by atoms with Crippen LogP contribution in [0.2, 0.25) is 0 Å². The molecule has 0 fully saturated rings. The topological polar surface area (TPSA) is 46.5 Å². The molecule has 0 saturated heterocycles. The van der Waals surface area contributed by atoms with E-state index in [4.69, 9.17) is 5.11 Å². The SMILES string of the molecule is O=C(O)C(F)(OCC(F)(F)F)C(F)(F)F. The summed E-state index contributed by atoms with van der Waals surface area (Å²) in [6, 6.07) is 0. The van der Waals surface area contributed by atoms with E-state index < -0.39 is 30.8 Å². The number of alkyl halides is 7. The van der Waals surface area contributed by atoms with Gasteiger partial charge in [0.1, 0.15) is 6.61 Å². The smallest absolute Gasteiger partial charge is 0.460 e. The summed E-state index contributed by atoms with van der Waals surface area (Å²) in [5, 5.41) is 7.78. The minimum Gasteiger partial charge on any atom is -0.477 e. The molecule has 90 valence electrons. The average Bonchev–Trinajstić information content (AvgIpc) is 1.95. The monoisotopic (exact) mass is 244 g/mol. The van der Waals surface area contributed by atoms with E-state index in [1.54, 1.807) is 0 Å². The van der Waals surface area contributed by atoms with E-state index in [0.29, 0.717) is 0 Å². The van der Waals surface area contributed by atoms with Gasteiger partial charge in [-0.25, -0.2) is 4.79 Å². The van der Waals surface area contributed by atoms with Gasteiger partial charge >= 0.3 is 24.2 Å². The fraction of sp³-hybridized carbons (Fsp3) is 0.800. The molecule has 0 rings (SSSR count). The van der Waals surface area contributed by atoms with Crippen LogP contribution in [0.3, 0.4) is 0 Å². The third kappa shape index (κ3) is 3.53. The van der Waals surface area contributed by atoms with Crippen LogP contribution in [0, 0.1) is 0 Å². The Morgan fingerprint density at radius 2 is 1.47 bits per heavy atom. The molecule has 0 aliphatic rings. The first-order chi connectivity index (χ1) is 6.40. The Balaban J connectivity index is 4.78. The molecule has 0 amide bonds. The Kier molecular flexibility index (Phi) is 3.56. The summed E-state index contributed by atoms with van der Waals surface area (Å²) in [5.41, 5.74) is 0. The highest BCUT2D eigenvalue weighted by Crippen LogP contribution is 2.36. The van der Waals surface area contributed by atoms with Gasteiger partial charge in [-0.15, -0.1) is 0 Å². The maximum Gasteiger partial charge on any atom is 0.460 e. The molecule has 0 aliphatic heterocycles. The number of hydrogen-bond acceptors (Lipinski definition) is 2. The van der Waals surface area contributed by atoms with Crippen molar-refractivity contribution in [3.63, 3.8) is 0 Å². The van der Waals surface area contributed by atoms with Gasteiger partial charge in [0.05, 0.1) is 0 Å². The van der Waals surface area contributed by atoms with E-state index in [0.717, 1.165) is 0 Å². The van der Waals surface area contributed by atoms with Gasteiger partial charge in [-0.2, -0.15) is 30.7 Å². The molecule has 1 atom stereocenters. The van der Waals surface area contributed by atoms with E-state index in [1.165, 1.54) is 0 Å². The quantitative estimate of drug-likeness (QED) is 0.771. The second-order valence-electron chi connectivity index (χ2n) is 2.30. The van der Waals surface area contributed by atoms with Gasteiger partial charge in [0, 0.05) is 0 Å². The zero-order valence-electron chi connectivity index (χ0n) is 6.62. The molecule has 0 aromatic carbocycles. The number of halogens is 7. The van der Waals surface area contributed by atoms with E-state index in [9.17, 15) is 35.5 Å². The Hall–Kier alpha value is -1.06. The normalized spacial score (nSPS) is 17.3. The van der Waals surface area contributed by atoms with E-state index >= 15 is 0 Å². The molecular weight excluding hydrogens is 241 g/mol. The summed E-state index contributed by atoms with van der Waals surface area (Å²) in [6.45, 7) is -2.66. The molecule has 10 heteroatoms. The number of ether oxygens (including phenoxy) is 1. The van der Waals surface area contributed by atoms with Gasteiger partial charge in [-0.05, 0) is 0 Å². The highest BCUT2D eigenvalue weighted by Gasteiger charge is 2.65. The number of hydrogen-bond donors (Lipinski definition) is 1. The molecule has 0 aromatic rings. The van der Waals surface area contributed by atoms with E-state index in [-0.39, 0.29) is 0 Å². The standard InChI is InChI=1S/C5H3F7O3/c6-3(7,8)1-15-4(9,2(13)14)5(10,11)12/h1H2,(H,13,14). The van der Waals surface area contributed by atoms with Gasteiger partial charge in [0.2, 0.25) is 0 Å². The van der Waals surface area contributed by atoms with E-state index in [2.05, 4.69) is 4.74 Å². The fourth-order valence-electron chi connectivity index (χ4n) is 0.446. The Morgan fingerprint density at radius 3 is 1.67 bits per heavy atom. The Labute approximate surface area is 77.4 Å². The highest BCUT2D eigenvalue weighted by molar-refractivity contribution is 5.76. The van der Waals surface area contributed by atoms with Crippen LogP contribution in [0.5, 0.6) is 0 Å². The molecule has 0 spiro atoms. The molecular formula is C5H3F7O3. The molecule has 15 heavy (non-hydrogen) atoms.